The lowest BCUT2D eigenvalue weighted by atomic mass is 10.2. The summed E-state index contributed by atoms with van der Waals surface area (Å²) in [5.41, 5.74) is 0.772. The molecular weight excluding hydrogens is 258 g/mol. The number of anilines is 1. The van der Waals surface area contributed by atoms with E-state index in [9.17, 15) is 9.59 Å². The Morgan fingerprint density at radius 2 is 1.85 bits per heavy atom. The van der Waals surface area contributed by atoms with Gasteiger partial charge in [-0.15, -0.1) is 0 Å². The Labute approximate surface area is 119 Å². The van der Waals surface area contributed by atoms with Crippen molar-refractivity contribution in [1.82, 2.24) is 0 Å². The Kier molecular flexibility index (Phi) is 6.56. The first-order valence-electron chi connectivity index (χ1n) is 6.75. The van der Waals surface area contributed by atoms with Gasteiger partial charge in [-0.05, 0) is 30.7 Å². The molecule has 0 aliphatic heterocycles. The number of benzene rings is 1. The molecule has 110 valence electrons. The van der Waals surface area contributed by atoms with Crippen molar-refractivity contribution in [2.75, 3.05) is 18.6 Å². The van der Waals surface area contributed by atoms with Gasteiger partial charge in [0.25, 0.3) is 0 Å². The lowest BCUT2D eigenvalue weighted by Crippen LogP contribution is -2.25. The zero-order chi connectivity index (χ0) is 15.0. The van der Waals surface area contributed by atoms with E-state index in [2.05, 4.69) is 6.92 Å². The van der Waals surface area contributed by atoms with Gasteiger partial charge in [0.05, 0.1) is 0 Å². The third kappa shape index (κ3) is 5.30. The van der Waals surface area contributed by atoms with Crippen LogP contribution in [-0.4, -0.2) is 30.6 Å². The number of hydrogen-bond donors (Lipinski definition) is 1. The SMILES string of the molecule is CCCCCC(=O)N(C)c1ccc(OCC(=O)O)cc1. The molecule has 0 aromatic heterocycles. The highest BCUT2D eigenvalue weighted by Crippen LogP contribution is 2.19. The number of amides is 1. The molecule has 1 aromatic rings. The highest BCUT2D eigenvalue weighted by Gasteiger charge is 2.10. The maximum absolute atomic E-state index is 11.9. The minimum Gasteiger partial charge on any atom is -0.482 e. The van der Waals surface area contributed by atoms with Crippen molar-refractivity contribution in [3.05, 3.63) is 24.3 Å². The highest BCUT2D eigenvalue weighted by molar-refractivity contribution is 5.92. The van der Waals surface area contributed by atoms with E-state index in [-0.39, 0.29) is 12.5 Å². The van der Waals surface area contributed by atoms with Gasteiger partial charge in [-0.1, -0.05) is 19.8 Å². The summed E-state index contributed by atoms with van der Waals surface area (Å²) in [5, 5.41) is 8.52. The quantitative estimate of drug-likeness (QED) is 0.743. The molecule has 1 aromatic carbocycles. The van der Waals surface area contributed by atoms with E-state index in [1.54, 1.807) is 36.2 Å². The molecule has 5 nitrogen and oxygen atoms in total. The van der Waals surface area contributed by atoms with Crippen molar-refractivity contribution in [3.8, 4) is 5.75 Å². The second-order valence-electron chi connectivity index (χ2n) is 4.59. The molecule has 1 amide bonds. The van der Waals surface area contributed by atoms with Crippen molar-refractivity contribution in [1.29, 1.82) is 0 Å². The topological polar surface area (TPSA) is 66.8 Å². The monoisotopic (exact) mass is 279 g/mol. The van der Waals surface area contributed by atoms with Crippen LogP contribution in [0.25, 0.3) is 0 Å². The molecule has 0 atom stereocenters. The minimum atomic E-state index is -1.02. The predicted octanol–water partition coefficient (Wildman–Crippen LogP) is 2.69. The fraction of sp³-hybridized carbons (Fsp3) is 0.467. The largest absolute Gasteiger partial charge is 0.482 e. The van der Waals surface area contributed by atoms with Crippen LogP contribution in [0, 0.1) is 0 Å². The zero-order valence-electron chi connectivity index (χ0n) is 12.0. The molecule has 0 saturated carbocycles. The number of carbonyl (C=O) groups excluding carboxylic acids is 1. The third-order valence-electron chi connectivity index (χ3n) is 2.95. The molecule has 0 unspecified atom stereocenters. The van der Waals surface area contributed by atoms with Gasteiger partial charge >= 0.3 is 5.97 Å². The first-order chi connectivity index (χ1) is 9.54. The lowest BCUT2D eigenvalue weighted by molar-refractivity contribution is -0.139. The van der Waals surface area contributed by atoms with Crippen LogP contribution in [0.3, 0.4) is 0 Å². The molecule has 0 radical (unpaired) electrons. The first-order valence-corrected chi connectivity index (χ1v) is 6.75. The second-order valence-corrected chi connectivity index (χ2v) is 4.59. The molecule has 5 heteroatoms. The Balaban J connectivity index is 2.54. The fourth-order valence-electron chi connectivity index (χ4n) is 1.75. The van der Waals surface area contributed by atoms with Crippen LogP contribution in [0.5, 0.6) is 5.75 Å². The summed E-state index contributed by atoms with van der Waals surface area (Å²) < 4.78 is 5.04. The molecule has 0 bridgehead atoms. The number of carboxylic acid groups (broad SMARTS) is 1. The summed E-state index contributed by atoms with van der Waals surface area (Å²) in [6, 6.07) is 6.81. The molecule has 0 fully saturated rings. The number of rotatable bonds is 8. The molecule has 0 aliphatic carbocycles. The standard InChI is InChI=1S/C15H21NO4/c1-3-4-5-6-14(17)16(2)12-7-9-13(10-8-12)20-11-15(18)19/h7-10H,3-6,11H2,1-2H3,(H,18,19). The van der Waals surface area contributed by atoms with Crippen molar-refractivity contribution < 1.29 is 19.4 Å². The van der Waals surface area contributed by atoms with Crippen LogP contribution in [0.2, 0.25) is 0 Å². The number of unbranched alkanes of at least 4 members (excludes halogenated alkanes) is 2. The number of carbonyl (C=O) groups is 2. The molecule has 0 spiro atoms. The molecule has 1 N–H and O–H groups in total. The fourth-order valence-corrected chi connectivity index (χ4v) is 1.75. The van der Waals surface area contributed by atoms with Gasteiger partial charge in [-0.25, -0.2) is 4.79 Å². The van der Waals surface area contributed by atoms with E-state index in [0.29, 0.717) is 12.2 Å². The third-order valence-corrected chi connectivity index (χ3v) is 2.95. The second kappa shape index (κ2) is 8.19. The van der Waals surface area contributed by atoms with Gasteiger partial charge in [-0.3, -0.25) is 4.79 Å². The normalized spacial score (nSPS) is 10.1. The maximum Gasteiger partial charge on any atom is 0.341 e. The number of ether oxygens (including phenoxy) is 1. The molecule has 1 rings (SSSR count). The van der Waals surface area contributed by atoms with Gasteiger partial charge in [0.2, 0.25) is 5.91 Å². The van der Waals surface area contributed by atoms with Gasteiger partial charge in [0.1, 0.15) is 5.75 Å². The van der Waals surface area contributed by atoms with Gasteiger partial charge in [-0.2, -0.15) is 0 Å². The van der Waals surface area contributed by atoms with Crippen molar-refractivity contribution >= 4 is 17.6 Å². The smallest absolute Gasteiger partial charge is 0.341 e. The lowest BCUT2D eigenvalue weighted by Gasteiger charge is -2.17. The Morgan fingerprint density at radius 3 is 2.40 bits per heavy atom. The average molecular weight is 279 g/mol. The van der Waals surface area contributed by atoms with Crippen LogP contribution < -0.4 is 9.64 Å². The first kappa shape index (κ1) is 16.0. The Bertz CT molecular complexity index is 442. The number of nitrogens with zero attached hydrogens (tertiary/aromatic N) is 1. The summed E-state index contributed by atoms with van der Waals surface area (Å²) >= 11 is 0. The summed E-state index contributed by atoms with van der Waals surface area (Å²) in [5.74, 6) is -0.460. The summed E-state index contributed by atoms with van der Waals surface area (Å²) in [4.78, 5) is 23.9. The van der Waals surface area contributed by atoms with Crippen LogP contribution in [0.1, 0.15) is 32.6 Å². The summed E-state index contributed by atoms with van der Waals surface area (Å²) in [7, 11) is 1.74. The van der Waals surface area contributed by atoms with E-state index in [4.69, 9.17) is 9.84 Å². The van der Waals surface area contributed by atoms with E-state index in [0.717, 1.165) is 24.9 Å². The molecule has 20 heavy (non-hydrogen) atoms. The van der Waals surface area contributed by atoms with Crippen LogP contribution in [0.4, 0.5) is 5.69 Å². The molecular formula is C15H21NO4. The Hall–Kier alpha value is -2.04. The van der Waals surface area contributed by atoms with Crippen molar-refractivity contribution in [3.63, 3.8) is 0 Å². The van der Waals surface area contributed by atoms with E-state index >= 15 is 0 Å². The van der Waals surface area contributed by atoms with E-state index < -0.39 is 5.97 Å². The number of aliphatic carboxylic acids is 1. The molecule has 0 aliphatic rings. The van der Waals surface area contributed by atoms with Crippen molar-refractivity contribution in [2.45, 2.75) is 32.6 Å². The van der Waals surface area contributed by atoms with Crippen LogP contribution in [0.15, 0.2) is 24.3 Å². The van der Waals surface area contributed by atoms with Gasteiger partial charge < -0.3 is 14.7 Å². The van der Waals surface area contributed by atoms with Crippen LogP contribution in [-0.2, 0) is 9.59 Å². The van der Waals surface area contributed by atoms with Crippen LogP contribution >= 0.6 is 0 Å². The van der Waals surface area contributed by atoms with E-state index in [1.807, 2.05) is 0 Å². The number of hydrogen-bond acceptors (Lipinski definition) is 3. The van der Waals surface area contributed by atoms with Gasteiger partial charge in [0, 0.05) is 19.2 Å². The zero-order valence-corrected chi connectivity index (χ0v) is 12.0. The summed E-state index contributed by atoms with van der Waals surface area (Å²) in [6.07, 6.45) is 3.59. The number of carboxylic acids is 1. The molecule has 0 saturated heterocycles. The maximum atomic E-state index is 11.9. The average Bonchev–Trinajstić information content (AvgIpc) is 2.45. The van der Waals surface area contributed by atoms with Gasteiger partial charge in [0.15, 0.2) is 6.61 Å². The summed E-state index contributed by atoms with van der Waals surface area (Å²) in [6.45, 7) is 1.73. The molecule has 0 heterocycles. The Morgan fingerprint density at radius 1 is 1.20 bits per heavy atom. The highest BCUT2D eigenvalue weighted by atomic mass is 16.5. The minimum absolute atomic E-state index is 0.0812. The predicted molar refractivity (Wildman–Crippen MR) is 77.1 cm³/mol. The van der Waals surface area contributed by atoms with Crippen molar-refractivity contribution in [2.24, 2.45) is 0 Å². The van der Waals surface area contributed by atoms with E-state index in [1.165, 1.54) is 0 Å².